The fraction of sp³-hybridized carbons (Fsp3) is 0.0769. The Kier molecular flexibility index (Phi) is 4.61. The normalized spacial score (nSPS) is 13.8. The summed E-state index contributed by atoms with van der Waals surface area (Å²) >= 11 is 1.87. The molecule has 0 fully saturated rings. The molecule has 1 aliphatic carbocycles. The molecule has 9 rings (SSSR count). The molecule has 0 spiro atoms. The molecule has 0 unspecified atom stereocenters. The molecule has 0 atom stereocenters. The van der Waals surface area contributed by atoms with E-state index in [4.69, 9.17) is 0 Å². The van der Waals surface area contributed by atoms with Crippen LogP contribution in [-0.4, -0.2) is 4.57 Å². The molecule has 8 aromatic rings. The van der Waals surface area contributed by atoms with Crippen molar-refractivity contribution < 1.29 is 0 Å². The van der Waals surface area contributed by atoms with Crippen LogP contribution in [0.2, 0.25) is 0 Å². The maximum atomic E-state index is 2.45. The third kappa shape index (κ3) is 3.11. The lowest BCUT2D eigenvalue weighted by atomic mass is 9.80. The van der Waals surface area contributed by atoms with Gasteiger partial charge in [-0.25, -0.2) is 0 Å². The van der Waals surface area contributed by atoms with Crippen molar-refractivity contribution in [3.05, 3.63) is 139 Å². The van der Waals surface area contributed by atoms with Gasteiger partial charge in [0.2, 0.25) is 0 Å². The number of aromatic nitrogens is 1. The van der Waals surface area contributed by atoms with Crippen LogP contribution in [0.4, 0.5) is 0 Å². The maximum absolute atomic E-state index is 2.45. The molecule has 41 heavy (non-hydrogen) atoms. The number of nitrogens with zero attached hydrogens (tertiary/aromatic N) is 1. The summed E-state index contributed by atoms with van der Waals surface area (Å²) < 4.78 is 5.14. The van der Waals surface area contributed by atoms with Gasteiger partial charge in [0.05, 0.1) is 11.0 Å². The molecule has 1 aliphatic rings. The molecule has 6 aromatic carbocycles. The van der Waals surface area contributed by atoms with E-state index in [1.807, 2.05) is 11.3 Å². The lowest BCUT2D eigenvalue weighted by Crippen LogP contribution is -2.15. The Balaban J connectivity index is 1.23. The largest absolute Gasteiger partial charge is 0.309 e. The van der Waals surface area contributed by atoms with Gasteiger partial charge in [0.25, 0.3) is 0 Å². The van der Waals surface area contributed by atoms with Gasteiger partial charge in [-0.15, -0.1) is 11.3 Å². The second kappa shape index (κ2) is 8.19. The van der Waals surface area contributed by atoms with E-state index in [0.717, 1.165) is 0 Å². The van der Waals surface area contributed by atoms with Crippen molar-refractivity contribution in [2.75, 3.05) is 0 Å². The highest BCUT2D eigenvalue weighted by Crippen LogP contribution is 2.53. The van der Waals surface area contributed by atoms with Crippen molar-refractivity contribution >= 4 is 53.3 Å². The van der Waals surface area contributed by atoms with Gasteiger partial charge in [0.1, 0.15) is 0 Å². The summed E-state index contributed by atoms with van der Waals surface area (Å²) in [5.74, 6) is 0. The first kappa shape index (κ1) is 23.1. The van der Waals surface area contributed by atoms with Gasteiger partial charge in [0, 0.05) is 42.0 Å². The van der Waals surface area contributed by atoms with Gasteiger partial charge in [-0.2, -0.15) is 0 Å². The molecular formula is C39H27NS. The molecule has 0 amide bonds. The summed E-state index contributed by atoms with van der Waals surface area (Å²) in [7, 11) is 0. The summed E-state index contributed by atoms with van der Waals surface area (Å²) in [6, 6.07) is 47.2. The second-order valence-electron chi connectivity index (χ2n) is 11.8. The molecule has 0 saturated heterocycles. The van der Waals surface area contributed by atoms with Crippen molar-refractivity contribution in [3.8, 4) is 27.9 Å². The van der Waals surface area contributed by atoms with E-state index in [1.165, 1.54) is 81.0 Å². The van der Waals surface area contributed by atoms with Crippen LogP contribution in [0, 0.1) is 0 Å². The van der Waals surface area contributed by atoms with Crippen LogP contribution in [0.1, 0.15) is 25.0 Å². The molecule has 0 N–H and O–H groups in total. The average Bonchev–Trinajstić information content (AvgIpc) is 3.63. The van der Waals surface area contributed by atoms with E-state index in [2.05, 4.69) is 146 Å². The first-order valence-electron chi connectivity index (χ1n) is 14.3. The highest BCUT2D eigenvalue weighted by atomic mass is 32.1. The van der Waals surface area contributed by atoms with Crippen molar-refractivity contribution in [2.24, 2.45) is 0 Å². The molecule has 0 saturated carbocycles. The van der Waals surface area contributed by atoms with Gasteiger partial charge in [-0.3, -0.25) is 0 Å². The SMILES string of the molecule is CC1(C)c2ccccc2-c2ccc3c(c21)c1ccccc1n3-c1ccc(-c2ccc3sc4ccccc4c3c2)cc1. The summed E-state index contributed by atoms with van der Waals surface area (Å²) in [6.07, 6.45) is 0. The molecule has 0 bridgehead atoms. The number of rotatable bonds is 2. The molecular weight excluding hydrogens is 515 g/mol. The van der Waals surface area contributed by atoms with Gasteiger partial charge in [-0.05, 0) is 75.8 Å². The molecule has 194 valence electrons. The van der Waals surface area contributed by atoms with Crippen molar-refractivity contribution in [3.63, 3.8) is 0 Å². The third-order valence-corrected chi connectivity index (χ3v) is 10.3. The molecule has 2 aromatic heterocycles. The van der Waals surface area contributed by atoms with Crippen molar-refractivity contribution in [1.29, 1.82) is 0 Å². The lowest BCUT2D eigenvalue weighted by molar-refractivity contribution is 0.666. The highest BCUT2D eigenvalue weighted by molar-refractivity contribution is 7.25. The van der Waals surface area contributed by atoms with Gasteiger partial charge in [0.15, 0.2) is 0 Å². The molecule has 0 aliphatic heterocycles. The van der Waals surface area contributed by atoms with E-state index < -0.39 is 0 Å². The minimum Gasteiger partial charge on any atom is -0.309 e. The number of fused-ring (bicyclic) bond motifs is 10. The molecule has 2 heteroatoms. The van der Waals surface area contributed by atoms with Crippen LogP contribution in [0.15, 0.2) is 127 Å². The topological polar surface area (TPSA) is 4.93 Å². The zero-order valence-electron chi connectivity index (χ0n) is 23.0. The number of hydrogen-bond acceptors (Lipinski definition) is 1. The lowest BCUT2D eigenvalue weighted by Gasteiger charge is -2.22. The van der Waals surface area contributed by atoms with Crippen LogP contribution in [-0.2, 0) is 5.41 Å². The predicted octanol–water partition coefficient (Wildman–Crippen LogP) is 11.1. The van der Waals surface area contributed by atoms with E-state index in [9.17, 15) is 0 Å². The van der Waals surface area contributed by atoms with E-state index in [1.54, 1.807) is 0 Å². The Bertz CT molecular complexity index is 2330. The average molecular weight is 542 g/mol. The Labute approximate surface area is 242 Å². The predicted molar refractivity (Wildman–Crippen MR) is 177 cm³/mol. The Hall–Kier alpha value is -4.66. The Morgan fingerprint density at radius 1 is 0.537 bits per heavy atom. The highest BCUT2D eigenvalue weighted by Gasteiger charge is 2.37. The van der Waals surface area contributed by atoms with Crippen LogP contribution in [0.25, 0.3) is 69.9 Å². The smallest absolute Gasteiger partial charge is 0.0544 e. The first-order valence-corrected chi connectivity index (χ1v) is 15.1. The molecule has 0 radical (unpaired) electrons. The van der Waals surface area contributed by atoms with Gasteiger partial charge >= 0.3 is 0 Å². The second-order valence-corrected chi connectivity index (χ2v) is 12.8. The first-order chi connectivity index (χ1) is 20.1. The third-order valence-electron chi connectivity index (χ3n) is 9.19. The van der Waals surface area contributed by atoms with Crippen LogP contribution < -0.4 is 0 Å². The maximum Gasteiger partial charge on any atom is 0.0544 e. The number of thiophene rings is 1. The van der Waals surface area contributed by atoms with E-state index >= 15 is 0 Å². The fourth-order valence-electron chi connectivity index (χ4n) is 7.32. The summed E-state index contributed by atoms with van der Waals surface area (Å²) in [4.78, 5) is 0. The van der Waals surface area contributed by atoms with E-state index in [-0.39, 0.29) is 5.41 Å². The Morgan fingerprint density at radius 2 is 1.24 bits per heavy atom. The Morgan fingerprint density at radius 3 is 2.12 bits per heavy atom. The van der Waals surface area contributed by atoms with Crippen LogP contribution >= 0.6 is 11.3 Å². The summed E-state index contributed by atoms with van der Waals surface area (Å²) in [5, 5.41) is 5.37. The van der Waals surface area contributed by atoms with Gasteiger partial charge < -0.3 is 4.57 Å². The molecule has 1 nitrogen and oxygen atoms in total. The standard InChI is InChI=1S/C39H27NS/c1-39(2)32-12-6-3-9-27(32)29-20-21-34-37(38(29)39)30-11-4-7-13-33(30)40(34)26-18-15-24(16-19-26)25-17-22-36-31(23-25)28-10-5-8-14-35(28)41-36/h3-23H,1-2H3. The van der Waals surface area contributed by atoms with E-state index in [0.29, 0.717) is 0 Å². The van der Waals surface area contributed by atoms with Gasteiger partial charge in [-0.1, -0.05) is 98.8 Å². The monoisotopic (exact) mass is 541 g/mol. The summed E-state index contributed by atoms with van der Waals surface area (Å²) in [6.45, 7) is 4.76. The molecule has 2 heterocycles. The van der Waals surface area contributed by atoms with Crippen LogP contribution in [0.5, 0.6) is 0 Å². The number of benzene rings is 6. The minimum absolute atomic E-state index is 0.0608. The minimum atomic E-state index is -0.0608. The fourth-order valence-corrected chi connectivity index (χ4v) is 8.40. The van der Waals surface area contributed by atoms with Crippen molar-refractivity contribution in [2.45, 2.75) is 19.3 Å². The number of para-hydroxylation sites is 1. The van der Waals surface area contributed by atoms with Crippen molar-refractivity contribution in [1.82, 2.24) is 4.57 Å². The number of hydrogen-bond donors (Lipinski definition) is 0. The van der Waals surface area contributed by atoms with Crippen LogP contribution in [0.3, 0.4) is 0 Å². The zero-order chi connectivity index (χ0) is 27.3. The quantitative estimate of drug-likeness (QED) is 0.205. The zero-order valence-corrected chi connectivity index (χ0v) is 23.8. The summed E-state index contributed by atoms with van der Waals surface area (Å²) in [5.41, 5.74) is 11.7.